The normalized spacial score (nSPS) is 11.6. The van der Waals surface area contributed by atoms with Gasteiger partial charge in [-0.3, -0.25) is 9.00 Å². The van der Waals surface area contributed by atoms with Gasteiger partial charge < -0.3 is 18.7 Å². The maximum Gasteiger partial charge on any atom is 0.161 e. The lowest BCUT2D eigenvalue weighted by Gasteiger charge is -2.16. The Balaban J connectivity index is 2.27. The van der Waals surface area contributed by atoms with E-state index in [-0.39, 0.29) is 12.4 Å². The lowest BCUT2D eigenvalue weighted by molar-refractivity contribution is 0.101. The molecule has 0 aliphatic heterocycles. The molecule has 2 aromatic rings. The van der Waals surface area contributed by atoms with Crippen LogP contribution in [-0.2, 0) is 17.9 Å². The fourth-order valence-corrected chi connectivity index (χ4v) is 2.39. The summed E-state index contributed by atoms with van der Waals surface area (Å²) in [4.78, 5) is 11.5. The molecule has 0 aromatic heterocycles. The third-order valence-corrected chi connectivity index (χ3v) is 3.54. The molecule has 7 heteroatoms. The van der Waals surface area contributed by atoms with Crippen LogP contribution in [0.2, 0.25) is 0 Å². The standard InChI is InChI=1S/C16H17NO5S/c1-11(18)12-7-8-14(17-23(19)20)13(9-12)10-22-16-6-4-3-5-15(16)21-2/h3-9,17H,10H2,1-2H3,(H,19,20)/p-1. The average Bonchev–Trinajstić information content (AvgIpc) is 2.53. The average molecular weight is 334 g/mol. The van der Waals surface area contributed by atoms with Crippen LogP contribution < -0.4 is 14.2 Å². The van der Waals surface area contributed by atoms with Crippen LogP contribution in [0, 0.1) is 0 Å². The summed E-state index contributed by atoms with van der Waals surface area (Å²) >= 11 is -2.46. The smallest absolute Gasteiger partial charge is 0.161 e. The van der Waals surface area contributed by atoms with Gasteiger partial charge in [0, 0.05) is 22.4 Å². The quantitative estimate of drug-likeness (QED) is 0.621. The molecule has 0 heterocycles. The highest BCUT2D eigenvalue weighted by Crippen LogP contribution is 2.28. The van der Waals surface area contributed by atoms with Gasteiger partial charge in [0.1, 0.15) is 6.61 Å². The molecule has 0 spiro atoms. The monoisotopic (exact) mass is 334 g/mol. The molecule has 23 heavy (non-hydrogen) atoms. The third-order valence-electron chi connectivity index (χ3n) is 3.16. The van der Waals surface area contributed by atoms with E-state index in [9.17, 15) is 13.6 Å². The Kier molecular flexibility index (Phi) is 5.72. The number of rotatable bonds is 7. The summed E-state index contributed by atoms with van der Waals surface area (Å²) in [6.45, 7) is 1.53. The fourth-order valence-electron chi connectivity index (χ4n) is 2.02. The highest BCUT2D eigenvalue weighted by Gasteiger charge is 2.09. The number of nitrogens with one attached hydrogen (secondary N) is 1. The molecular formula is C16H16NO5S-. The summed E-state index contributed by atoms with van der Waals surface area (Å²) < 4.78 is 34.9. The van der Waals surface area contributed by atoms with Crippen LogP contribution >= 0.6 is 0 Å². The van der Waals surface area contributed by atoms with E-state index >= 15 is 0 Å². The molecule has 0 aliphatic rings. The van der Waals surface area contributed by atoms with Crippen molar-refractivity contribution in [3.8, 4) is 11.5 Å². The second kappa shape index (κ2) is 7.75. The zero-order valence-electron chi connectivity index (χ0n) is 12.7. The van der Waals surface area contributed by atoms with Gasteiger partial charge in [0.15, 0.2) is 17.3 Å². The fraction of sp³-hybridized carbons (Fsp3) is 0.188. The minimum absolute atomic E-state index is 0.0844. The number of carbonyl (C=O) groups is 1. The predicted octanol–water partition coefficient (Wildman–Crippen LogP) is 2.68. The van der Waals surface area contributed by atoms with Crippen LogP contribution in [0.15, 0.2) is 42.5 Å². The lowest BCUT2D eigenvalue weighted by atomic mass is 10.1. The van der Waals surface area contributed by atoms with Crippen molar-refractivity contribution in [1.82, 2.24) is 0 Å². The van der Waals surface area contributed by atoms with E-state index in [1.54, 1.807) is 30.3 Å². The Morgan fingerprint density at radius 1 is 1.22 bits per heavy atom. The molecule has 0 bridgehead atoms. The van der Waals surface area contributed by atoms with Crippen LogP contribution in [0.4, 0.5) is 5.69 Å². The van der Waals surface area contributed by atoms with Gasteiger partial charge in [-0.25, -0.2) is 0 Å². The first-order valence-electron chi connectivity index (χ1n) is 6.77. The molecule has 1 atom stereocenters. The number of benzene rings is 2. The number of methoxy groups -OCH3 is 1. The minimum Gasteiger partial charge on any atom is -0.755 e. The number of anilines is 1. The summed E-state index contributed by atoms with van der Waals surface area (Å²) in [6, 6.07) is 11.8. The van der Waals surface area contributed by atoms with Crippen molar-refractivity contribution >= 4 is 22.7 Å². The largest absolute Gasteiger partial charge is 0.755 e. The maximum atomic E-state index is 11.5. The van der Waals surface area contributed by atoms with Gasteiger partial charge in [0.25, 0.3) is 0 Å². The van der Waals surface area contributed by atoms with Crippen LogP contribution in [0.5, 0.6) is 11.5 Å². The number of hydrogen-bond acceptors (Lipinski definition) is 5. The molecule has 0 amide bonds. The summed E-state index contributed by atoms with van der Waals surface area (Å²) in [5.41, 5.74) is 1.39. The van der Waals surface area contributed by atoms with Crippen molar-refractivity contribution in [3.63, 3.8) is 0 Å². The van der Waals surface area contributed by atoms with Crippen LogP contribution in [0.25, 0.3) is 0 Å². The molecule has 0 saturated carbocycles. The molecular weight excluding hydrogens is 318 g/mol. The number of ether oxygens (including phenoxy) is 2. The Morgan fingerprint density at radius 2 is 1.91 bits per heavy atom. The van der Waals surface area contributed by atoms with Gasteiger partial charge >= 0.3 is 0 Å². The van der Waals surface area contributed by atoms with Gasteiger partial charge in [0.2, 0.25) is 0 Å². The Bertz CT molecular complexity index is 732. The molecule has 2 aromatic carbocycles. The first kappa shape index (κ1) is 17.0. The number of Topliss-reactive ketones (excluding diaryl/α,β-unsaturated/α-hetero) is 1. The highest BCUT2D eigenvalue weighted by molar-refractivity contribution is 7.80. The Hall–Kier alpha value is -2.38. The minimum atomic E-state index is -2.46. The van der Waals surface area contributed by atoms with Crippen molar-refractivity contribution in [2.45, 2.75) is 13.5 Å². The van der Waals surface area contributed by atoms with Crippen molar-refractivity contribution in [1.29, 1.82) is 0 Å². The first-order valence-corrected chi connectivity index (χ1v) is 7.84. The van der Waals surface area contributed by atoms with Crippen LogP contribution in [-0.4, -0.2) is 21.7 Å². The van der Waals surface area contributed by atoms with Gasteiger partial charge in [-0.05, 0) is 37.3 Å². The van der Waals surface area contributed by atoms with Crippen molar-refractivity contribution in [3.05, 3.63) is 53.6 Å². The number of hydrogen-bond donors (Lipinski definition) is 1. The number of ketones is 1. The molecule has 0 radical (unpaired) electrons. The summed E-state index contributed by atoms with van der Waals surface area (Å²) in [7, 11) is 1.53. The highest BCUT2D eigenvalue weighted by atomic mass is 32.2. The summed E-state index contributed by atoms with van der Waals surface area (Å²) in [5.74, 6) is 0.980. The zero-order chi connectivity index (χ0) is 16.8. The van der Waals surface area contributed by atoms with Crippen molar-refractivity contribution < 1.29 is 23.0 Å². The lowest BCUT2D eigenvalue weighted by Crippen LogP contribution is -2.08. The predicted molar refractivity (Wildman–Crippen MR) is 86.3 cm³/mol. The maximum absolute atomic E-state index is 11.5. The van der Waals surface area contributed by atoms with Gasteiger partial charge in [-0.15, -0.1) is 0 Å². The first-order chi connectivity index (χ1) is 11.0. The molecule has 0 saturated heterocycles. The van der Waals surface area contributed by atoms with E-state index in [1.165, 1.54) is 20.1 Å². The Labute approximate surface area is 136 Å². The van der Waals surface area contributed by atoms with E-state index in [0.29, 0.717) is 28.3 Å². The summed E-state index contributed by atoms with van der Waals surface area (Å²) in [5, 5.41) is 0. The second-order valence-electron chi connectivity index (χ2n) is 4.70. The molecule has 2 rings (SSSR count). The molecule has 122 valence electrons. The topological polar surface area (TPSA) is 87.7 Å². The van der Waals surface area contributed by atoms with Gasteiger partial charge in [0.05, 0.1) is 12.8 Å². The van der Waals surface area contributed by atoms with E-state index < -0.39 is 11.3 Å². The second-order valence-corrected chi connectivity index (χ2v) is 5.38. The molecule has 0 aliphatic carbocycles. The third kappa shape index (κ3) is 4.54. The Morgan fingerprint density at radius 3 is 2.52 bits per heavy atom. The van der Waals surface area contributed by atoms with E-state index in [4.69, 9.17) is 9.47 Å². The zero-order valence-corrected chi connectivity index (χ0v) is 13.5. The number of para-hydroxylation sites is 2. The van der Waals surface area contributed by atoms with Gasteiger partial charge in [-0.2, -0.15) is 0 Å². The van der Waals surface area contributed by atoms with Gasteiger partial charge in [-0.1, -0.05) is 12.1 Å². The van der Waals surface area contributed by atoms with E-state index in [0.717, 1.165) is 0 Å². The van der Waals surface area contributed by atoms with Crippen molar-refractivity contribution in [2.75, 3.05) is 11.8 Å². The van der Waals surface area contributed by atoms with Crippen LogP contribution in [0.1, 0.15) is 22.8 Å². The number of carbonyl (C=O) groups excluding carboxylic acids is 1. The van der Waals surface area contributed by atoms with E-state index in [1.807, 2.05) is 6.07 Å². The SMILES string of the molecule is COc1ccccc1OCc1cc(C(C)=O)ccc1NS(=O)[O-]. The molecule has 1 N–H and O–H groups in total. The van der Waals surface area contributed by atoms with Crippen molar-refractivity contribution in [2.24, 2.45) is 0 Å². The summed E-state index contributed by atoms with van der Waals surface area (Å²) in [6.07, 6.45) is 0. The van der Waals surface area contributed by atoms with E-state index in [2.05, 4.69) is 4.72 Å². The molecule has 0 fully saturated rings. The molecule has 1 unspecified atom stereocenters. The molecule has 6 nitrogen and oxygen atoms in total. The van der Waals surface area contributed by atoms with Crippen LogP contribution in [0.3, 0.4) is 0 Å².